The Morgan fingerprint density at radius 1 is 0.585 bits per heavy atom. The highest BCUT2D eigenvalue weighted by molar-refractivity contribution is 7.26. The fraction of sp³-hybridized carbons (Fsp3) is 0.0435. The maximum atomic E-state index is 6.26. The minimum absolute atomic E-state index is 0.293. The van der Waals surface area contributed by atoms with Gasteiger partial charge in [-0.05, 0) is 54.0 Å². The molecule has 4 aromatic heterocycles. The van der Waals surface area contributed by atoms with Crippen molar-refractivity contribution in [3.8, 4) is 40.2 Å². The minimum atomic E-state index is 0.293. The van der Waals surface area contributed by atoms with E-state index >= 15 is 0 Å². The molecule has 6 aromatic carbocycles. The third-order valence-electron chi connectivity index (χ3n) is 10.3. The molecule has 250 valence electrons. The lowest BCUT2D eigenvalue weighted by atomic mass is 9.87. The topological polar surface area (TPSA) is 69.6 Å². The van der Waals surface area contributed by atoms with Crippen LogP contribution < -0.4 is 0 Å². The van der Waals surface area contributed by atoms with E-state index in [4.69, 9.17) is 24.4 Å². The normalized spacial score (nSPS) is 14.1. The van der Waals surface area contributed by atoms with E-state index in [9.17, 15) is 0 Å². The minimum Gasteiger partial charge on any atom is -0.436 e. The first-order valence-corrected chi connectivity index (χ1v) is 18.6. The van der Waals surface area contributed by atoms with Gasteiger partial charge in [0.2, 0.25) is 11.8 Å². The van der Waals surface area contributed by atoms with Gasteiger partial charge >= 0.3 is 0 Å². The van der Waals surface area contributed by atoms with Crippen molar-refractivity contribution >= 4 is 59.6 Å². The van der Waals surface area contributed by atoms with Crippen LogP contribution in [0.2, 0.25) is 0 Å². The van der Waals surface area contributed by atoms with E-state index in [1.54, 1.807) is 11.3 Å². The summed E-state index contributed by atoms with van der Waals surface area (Å²) >= 11 is 1.72. The zero-order valence-corrected chi connectivity index (χ0v) is 29.2. The molecule has 10 aromatic rings. The number of allylic oxidation sites excluding steroid dienone is 1. The number of rotatable bonds is 5. The van der Waals surface area contributed by atoms with Crippen LogP contribution in [0.25, 0.3) is 88.4 Å². The standard InChI is InChI=1S/C46H29N5OS/c1-3-13-28(14-4-1)30-25-26-39-36(27-30)31-17-7-9-23-38(31)51(39)46-49-43(29-15-5-2-6-16-29)48-44(50-46)34-20-11-18-32-33-19-12-21-35(42(33)53-41(32)34)45-47-37-22-8-10-24-40(37)52-45/h1-26,30H,27H2. The number of benzene rings is 6. The van der Waals surface area contributed by atoms with Gasteiger partial charge in [-0.2, -0.15) is 9.97 Å². The van der Waals surface area contributed by atoms with Gasteiger partial charge in [-0.1, -0.05) is 121 Å². The molecule has 0 N–H and O–H groups in total. The molecule has 7 heteroatoms. The molecule has 0 fully saturated rings. The van der Waals surface area contributed by atoms with Crippen LogP contribution in [0.4, 0.5) is 0 Å². The van der Waals surface area contributed by atoms with Crippen LogP contribution in [0.15, 0.2) is 156 Å². The number of hydrogen-bond acceptors (Lipinski definition) is 6. The molecular formula is C46H29N5OS. The zero-order chi connectivity index (χ0) is 34.9. The highest BCUT2D eigenvalue weighted by Crippen LogP contribution is 2.44. The Hall–Kier alpha value is -6.70. The van der Waals surface area contributed by atoms with Crippen LogP contribution in [0.1, 0.15) is 22.7 Å². The molecule has 1 unspecified atom stereocenters. The van der Waals surface area contributed by atoms with Crippen LogP contribution in [0.5, 0.6) is 0 Å². The highest BCUT2D eigenvalue weighted by Gasteiger charge is 2.26. The largest absolute Gasteiger partial charge is 0.436 e. The van der Waals surface area contributed by atoms with E-state index in [0.29, 0.717) is 29.4 Å². The van der Waals surface area contributed by atoms with Crippen LogP contribution in [-0.2, 0) is 6.42 Å². The fourth-order valence-electron chi connectivity index (χ4n) is 7.81. The molecule has 1 aliphatic carbocycles. The molecular weight excluding hydrogens is 671 g/mol. The molecule has 0 spiro atoms. The lowest BCUT2D eigenvalue weighted by Crippen LogP contribution is -2.10. The van der Waals surface area contributed by atoms with Gasteiger partial charge in [0.25, 0.3) is 0 Å². The predicted octanol–water partition coefficient (Wildman–Crippen LogP) is 11.7. The summed E-state index contributed by atoms with van der Waals surface area (Å²) in [6.45, 7) is 0. The maximum absolute atomic E-state index is 6.26. The Bertz CT molecular complexity index is 3020. The summed E-state index contributed by atoms with van der Waals surface area (Å²) in [5, 5.41) is 3.50. The van der Waals surface area contributed by atoms with E-state index in [0.717, 1.165) is 65.6 Å². The number of oxazole rings is 1. The summed E-state index contributed by atoms with van der Waals surface area (Å²) < 4.78 is 10.7. The van der Waals surface area contributed by atoms with Gasteiger partial charge in [-0.25, -0.2) is 9.97 Å². The van der Waals surface area contributed by atoms with Crippen molar-refractivity contribution in [1.29, 1.82) is 0 Å². The first-order chi connectivity index (χ1) is 26.3. The highest BCUT2D eigenvalue weighted by atomic mass is 32.1. The monoisotopic (exact) mass is 699 g/mol. The van der Waals surface area contributed by atoms with Gasteiger partial charge in [0.05, 0.1) is 16.8 Å². The zero-order valence-electron chi connectivity index (χ0n) is 28.3. The summed E-state index contributed by atoms with van der Waals surface area (Å²) in [4.78, 5) is 20.5. The Labute approximate surface area is 308 Å². The lowest BCUT2D eigenvalue weighted by Gasteiger charge is -2.19. The number of hydrogen-bond donors (Lipinski definition) is 0. The Morgan fingerprint density at radius 3 is 2.09 bits per heavy atom. The third kappa shape index (κ3) is 4.85. The maximum Gasteiger partial charge on any atom is 0.238 e. The Kier molecular flexibility index (Phi) is 6.75. The Balaban J connectivity index is 1.13. The SMILES string of the molecule is C1=CC(c2ccccc2)Cc2c1n(-c1nc(-c3ccccc3)nc(-c3cccc4c3sc3c(-c5nc6ccccc6o5)cccc34)n1)c1ccccc21. The van der Waals surface area contributed by atoms with Crippen LogP contribution >= 0.6 is 11.3 Å². The van der Waals surface area contributed by atoms with Gasteiger partial charge in [0, 0.05) is 42.6 Å². The molecule has 1 aliphatic rings. The number of para-hydroxylation sites is 3. The van der Waals surface area contributed by atoms with Crippen LogP contribution in [0.3, 0.4) is 0 Å². The lowest BCUT2D eigenvalue weighted by molar-refractivity contribution is 0.621. The van der Waals surface area contributed by atoms with Crippen LogP contribution in [-0.4, -0.2) is 24.5 Å². The number of thiophene rings is 1. The molecule has 6 nitrogen and oxygen atoms in total. The molecule has 0 aliphatic heterocycles. The summed E-state index contributed by atoms with van der Waals surface area (Å²) in [5.74, 6) is 2.76. The second kappa shape index (κ2) is 11.9. The van der Waals surface area contributed by atoms with Gasteiger partial charge in [-0.15, -0.1) is 11.3 Å². The molecule has 1 atom stereocenters. The number of nitrogens with zero attached hydrogens (tertiary/aromatic N) is 5. The van der Waals surface area contributed by atoms with Gasteiger partial charge < -0.3 is 4.42 Å². The van der Waals surface area contributed by atoms with Gasteiger partial charge in [0.1, 0.15) is 5.52 Å². The van der Waals surface area contributed by atoms with Crippen molar-refractivity contribution in [2.45, 2.75) is 12.3 Å². The summed E-state index contributed by atoms with van der Waals surface area (Å²) in [6.07, 6.45) is 5.47. The second-order valence-corrected chi connectivity index (χ2v) is 14.4. The van der Waals surface area contributed by atoms with Crippen molar-refractivity contribution in [3.63, 3.8) is 0 Å². The van der Waals surface area contributed by atoms with E-state index in [2.05, 4.69) is 120 Å². The summed E-state index contributed by atoms with van der Waals surface area (Å²) in [6, 6.07) is 50.2. The van der Waals surface area contributed by atoms with Crippen molar-refractivity contribution in [2.75, 3.05) is 0 Å². The average Bonchev–Trinajstić information content (AvgIpc) is 3.93. The van der Waals surface area contributed by atoms with E-state index in [1.807, 2.05) is 42.5 Å². The third-order valence-corrected chi connectivity index (χ3v) is 11.6. The first-order valence-electron chi connectivity index (χ1n) is 17.7. The average molecular weight is 700 g/mol. The Morgan fingerprint density at radius 2 is 1.26 bits per heavy atom. The molecule has 11 rings (SSSR count). The van der Waals surface area contributed by atoms with E-state index in [1.165, 1.54) is 16.5 Å². The van der Waals surface area contributed by atoms with E-state index < -0.39 is 0 Å². The van der Waals surface area contributed by atoms with Crippen molar-refractivity contribution < 1.29 is 4.42 Å². The molecule has 4 heterocycles. The molecule has 0 amide bonds. The molecule has 0 saturated carbocycles. The molecule has 0 bridgehead atoms. The molecule has 0 saturated heterocycles. The van der Waals surface area contributed by atoms with Gasteiger partial charge in [0.15, 0.2) is 17.2 Å². The first kappa shape index (κ1) is 30.0. The fourth-order valence-corrected chi connectivity index (χ4v) is 9.12. The van der Waals surface area contributed by atoms with Crippen LogP contribution in [0, 0.1) is 0 Å². The second-order valence-electron chi connectivity index (χ2n) is 13.4. The van der Waals surface area contributed by atoms with Crippen molar-refractivity contribution in [2.24, 2.45) is 0 Å². The van der Waals surface area contributed by atoms with E-state index in [-0.39, 0.29) is 0 Å². The number of fused-ring (bicyclic) bond motifs is 7. The summed E-state index contributed by atoms with van der Waals surface area (Å²) in [7, 11) is 0. The number of aromatic nitrogens is 5. The van der Waals surface area contributed by atoms with Crippen molar-refractivity contribution in [3.05, 3.63) is 168 Å². The quantitative estimate of drug-likeness (QED) is 0.179. The predicted molar refractivity (Wildman–Crippen MR) is 215 cm³/mol. The smallest absolute Gasteiger partial charge is 0.238 e. The molecule has 53 heavy (non-hydrogen) atoms. The van der Waals surface area contributed by atoms with Crippen molar-refractivity contribution in [1.82, 2.24) is 24.5 Å². The summed E-state index contributed by atoms with van der Waals surface area (Å²) in [5.41, 5.74) is 9.29. The molecule has 0 radical (unpaired) electrons. The van der Waals surface area contributed by atoms with Gasteiger partial charge in [-0.3, -0.25) is 4.57 Å².